The quantitative estimate of drug-likeness (QED) is 0.488. The van der Waals surface area contributed by atoms with Crippen LogP contribution >= 0.6 is 31.8 Å². The van der Waals surface area contributed by atoms with Crippen LogP contribution in [0.5, 0.6) is 0 Å². The van der Waals surface area contributed by atoms with Gasteiger partial charge >= 0.3 is 7.82 Å². The van der Waals surface area contributed by atoms with E-state index in [2.05, 4.69) is 4.52 Å². The molecule has 0 aromatic heterocycles. The summed E-state index contributed by atoms with van der Waals surface area (Å²) in [6.45, 7) is 0. The van der Waals surface area contributed by atoms with Gasteiger partial charge in [0.2, 0.25) is 0 Å². The largest absolute Gasteiger partial charge is 0.470 e. The molecular weight excluding hydrogens is 178 g/mol. The van der Waals surface area contributed by atoms with Crippen molar-refractivity contribution in [3.63, 3.8) is 0 Å². The zero-order valence-corrected chi connectivity index (χ0v) is 6.12. The molecule has 0 fully saturated rings. The van der Waals surface area contributed by atoms with Gasteiger partial charge in [0.15, 0.2) is 0 Å². The van der Waals surface area contributed by atoms with Gasteiger partial charge in [0.25, 0.3) is 0 Å². The monoisotopic (exact) mass is 182 g/mol. The van der Waals surface area contributed by atoms with Crippen LogP contribution in [0.25, 0.3) is 0 Å². The van der Waals surface area contributed by atoms with Crippen molar-refractivity contribution >= 4 is 31.8 Å². The Labute approximate surface area is 57.4 Å². The number of phosphoric acid groups is 1. The van der Waals surface area contributed by atoms with Crippen LogP contribution in [0, 0.1) is 0 Å². The van der Waals surface area contributed by atoms with Crippen molar-refractivity contribution in [2.24, 2.45) is 0 Å². The van der Waals surface area contributed by atoms with Gasteiger partial charge in [0, 0.05) is 0 Å². The second-order valence-corrected chi connectivity index (χ2v) is 2.19. The van der Waals surface area contributed by atoms with E-state index in [9.17, 15) is 4.57 Å². The lowest BCUT2D eigenvalue weighted by Gasteiger charge is -1.96. The summed E-state index contributed by atoms with van der Waals surface area (Å²) < 4.78 is 13.3. The van der Waals surface area contributed by atoms with Gasteiger partial charge in [-0.05, 0) is 0 Å². The molecule has 8 heavy (non-hydrogen) atoms. The molecule has 0 saturated carbocycles. The minimum absolute atomic E-state index is 0. The second-order valence-electron chi connectivity index (χ2n) is 0.729. The zero-order chi connectivity index (χ0) is 5.91. The number of hydrogen-bond acceptors (Lipinski definition) is 2. The van der Waals surface area contributed by atoms with Gasteiger partial charge in [-0.3, -0.25) is 4.52 Å². The predicted molar refractivity (Wildman–Crippen MR) is 31.1 cm³/mol. The standard InChI is InChI=1S/CH4ClO4P.ClH/c2-1-6-7(3,4)5;/h1H2,(H2,3,4,5);1H. The minimum atomic E-state index is -4.30. The van der Waals surface area contributed by atoms with E-state index >= 15 is 0 Å². The predicted octanol–water partition coefficient (Wildman–Crippen LogP) is 0.714. The molecule has 0 aromatic rings. The molecule has 0 bridgehead atoms. The normalized spacial score (nSPS) is 10.4. The first-order chi connectivity index (χ1) is 3.06. The topological polar surface area (TPSA) is 66.8 Å². The fourth-order valence-corrected chi connectivity index (χ4v) is 0.572. The van der Waals surface area contributed by atoms with Gasteiger partial charge in [0.1, 0.15) is 6.07 Å². The molecule has 2 N–H and O–H groups in total. The molecule has 0 heterocycles. The first kappa shape index (κ1) is 11.5. The molecule has 4 nitrogen and oxygen atoms in total. The SMILES string of the molecule is Cl.O=P(O)(O)OCCl. The highest BCUT2D eigenvalue weighted by Crippen LogP contribution is 2.35. The molecule has 0 spiro atoms. The van der Waals surface area contributed by atoms with Gasteiger partial charge in [-0.2, -0.15) is 0 Å². The minimum Gasteiger partial charge on any atom is -0.303 e. The molecule has 52 valence electrons. The average Bonchev–Trinajstić information content (AvgIpc) is 1.30. The summed E-state index contributed by atoms with van der Waals surface area (Å²) in [5.41, 5.74) is 0. The van der Waals surface area contributed by atoms with Crippen molar-refractivity contribution < 1.29 is 18.9 Å². The third-order valence-electron chi connectivity index (χ3n) is 0.217. The molecule has 0 saturated heterocycles. The van der Waals surface area contributed by atoms with E-state index < -0.39 is 13.9 Å². The number of phosphoric ester groups is 1. The maximum Gasteiger partial charge on any atom is 0.470 e. The third kappa shape index (κ3) is 9.85. The van der Waals surface area contributed by atoms with Gasteiger partial charge in [-0.25, -0.2) is 4.57 Å². The van der Waals surface area contributed by atoms with Crippen LogP contribution in [0.15, 0.2) is 0 Å². The van der Waals surface area contributed by atoms with E-state index in [0.29, 0.717) is 0 Å². The van der Waals surface area contributed by atoms with Crippen LogP contribution in [0.1, 0.15) is 0 Å². The molecule has 0 atom stereocenters. The number of halogens is 2. The highest BCUT2D eigenvalue weighted by atomic mass is 35.5. The van der Waals surface area contributed by atoms with Gasteiger partial charge < -0.3 is 9.79 Å². The molecule has 0 radical (unpaired) electrons. The summed E-state index contributed by atoms with van der Waals surface area (Å²) in [4.78, 5) is 15.6. The van der Waals surface area contributed by atoms with Crippen LogP contribution in [0.4, 0.5) is 0 Å². The fourth-order valence-electron chi connectivity index (χ4n) is 0.0636. The van der Waals surface area contributed by atoms with E-state index in [0.717, 1.165) is 0 Å². The van der Waals surface area contributed by atoms with Gasteiger partial charge in [-0.1, -0.05) is 11.6 Å². The Morgan fingerprint density at radius 1 is 1.62 bits per heavy atom. The van der Waals surface area contributed by atoms with E-state index in [-0.39, 0.29) is 12.4 Å². The van der Waals surface area contributed by atoms with Crippen LogP contribution in [0.3, 0.4) is 0 Å². The van der Waals surface area contributed by atoms with Crippen LogP contribution in [-0.2, 0) is 9.09 Å². The Morgan fingerprint density at radius 2 is 2.00 bits per heavy atom. The van der Waals surface area contributed by atoms with Crippen molar-refractivity contribution in [2.45, 2.75) is 0 Å². The maximum atomic E-state index is 9.62. The molecule has 0 amide bonds. The first-order valence-corrected chi connectivity index (χ1v) is 3.39. The Balaban J connectivity index is 0. The summed E-state index contributed by atoms with van der Waals surface area (Å²) >= 11 is 4.77. The Bertz CT molecular complexity index is 88.0. The van der Waals surface area contributed by atoms with Crippen molar-refractivity contribution in [2.75, 3.05) is 6.07 Å². The van der Waals surface area contributed by atoms with Gasteiger partial charge in [0.05, 0.1) is 0 Å². The summed E-state index contributed by atoms with van der Waals surface area (Å²) in [6.07, 6.45) is 0. The third-order valence-corrected chi connectivity index (χ3v) is 0.944. The lowest BCUT2D eigenvalue weighted by Crippen LogP contribution is -1.82. The highest BCUT2D eigenvalue weighted by molar-refractivity contribution is 7.46. The molecule has 0 rings (SSSR count). The Hall–Kier alpha value is 0.690. The first-order valence-electron chi connectivity index (χ1n) is 1.32. The number of rotatable bonds is 2. The molecule has 0 aliphatic rings. The lowest BCUT2D eigenvalue weighted by atomic mass is 11.7. The maximum absolute atomic E-state index is 9.62. The highest BCUT2D eigenvalue weighted by Gasteiger charge is 2.10. The summed E-state index contributed by atoms with van der Waals surface area (Å²) in [5, 5.41) is 0. The van der Waals surface area contributed by atoms with Gasteiger partial charge in [-0.15, -0.1) is 12.4 Å². The van der Waals surface area contributed by atoms with Crippen molar-refractivity contribution in [3.05, 3.63) is 0 Å². The molecular formula is CH5Cl2O4P. The summed E-state index contributed by atoms with van der Waals surface area (Å²) in [5.74, 6) is 0. The lowest BCUT2D eigenvalue weighted by molar-refractivity contribution is 0.225. The smallest absolute Gasteiger partial charge is 0.303 e. The number of hydrogen-bond donors (Lipinski definition) is 2. The molecule has 0 aromatic carbocycles. The van der Waals surface area contributed by atoms with Crippen LogP contribution in [-0.4, -0.2) is 15.9 Å². The molecule has 0 aliphatic carbocycles. The molecule has 7 heteroatoms. The summed E-state index contributed by atoms with van der Waals surface area (Å²) in [7, 11) is -4.30. The number of alkyl halides is 1. The van der Waals surface area contributed by atoms with E-state index in [4.69, 9.17) is 21.4 Å². The molecule has 0 unspecified atom stereocenters. The molecule has 0 aliphatic heterocycles. The van der Waals surface area contributed by atoms with Crippen molar-refractivity contribution in [1.29, 1.82) is 0 Å². The fraction of sp³-hybridized carbons (Fsp3) is 1.00. The Morgan fingerprint density at radius 3 is 2.00 bits per heavy atom. The average molecular weight is 183 g/mol. The van der Waals surface area contributed by atoms with Crippen molar-refractivity contribution in [1.82, 2.24) is 0 Å². The van der Waals surface area contributed by atoms with Crippen LogP contribution in [0.2, 0.25) is 0 Å². The zero-order valence-electron chi connectivity index (χ0n) is 3.65. The van der Waals surface area contributed by atoms with Crippen molar-refractivity contribution in [3.8, 4) is 0 Å². The van der Waals surface area contributed by atoms with E-state index in [1.54, 1.807) is 0 Å². The van der Waals surface area contributed by atoms with E-state index in [1.165, 1.54) is 0 Å². The van der Waals surface area contributed by atoms with Crippen LogP contribution < -0.4 is 0 Å². The second kappa shape index (κ2) is 4.56. The Kier molecular flexibility index (Phi) is 6.54. The van der Waals surface area contributed by atoms with E-state index in [1.807, 2.05) is 0 Å². The summed E-state index contributed by atoms with van der Waals surface area (Å²) in [6, 6.07) is -0.482.